The van der Waals surface area contributed by atoms with Gasteiger partial charge in [0.05, 0.1) is 0 Å². The molecule has 0 N–H and O–H groups in total. The molecule has 4 rings (SSSR count). The molecular formula is C34H49I. The maximum atomic E-state index is 2.47. The summed E-state index contributed by atoms with van der Waals surface area (Å²) >= 11 is 2.47. The number of hydrogen-bond donors (Lipinski definition) is 0. The van der Waals surface area contributed by atoms with Gasteiger partial charge in [-0.2, -0.15) is 0 Å². The molecule has 0 atom stereocenters. The minimum atomic E-state index is 0.964. The molecule has 2 aromatic carbocycles. The molecule has 0 amide bonds. The van der Waals surface area contributed by atoms with Gasteiger partial charge in [-0.25, -0.2) is 0 Å². The Bertz CT molecular complexity index is 820. The summed E-state index contributed by atoms with van der Waals surface area (Å²) in [5.74, 6) is 4.14. The molecule has 2 aliphatic carbocycles. The Morgan fingerprint density at radius 1 is 0.571 bits per heavy atom. The van der Waals surface area contributed by atoms with Gasteiger partial charge in [0.2, 0.25) is 0 Å². The molecule has 192 valence electrons. The quantitative estimate of drug-likeness (QED) is 0.132. The van der Waals surface area contributed by atoms with Crippen LogP contribution >= 0.6 is 22.6 Å². The molecule has 0 aromatic heterocycles. The normalized spacial score (nSPS) is 25.0. The van der Waals surface area contributed by atoms with Crippen LogP contribution in [0.1, 0.15) is 108 Å². The van der Waals surface area contributed by atoms with Crippen LogP contribution in [-0.4, -0.2) is 4.43 Å². The highest BCUT2D eigenvalue weighted by Gasteiger charge is 2.30. The van der Waals surface area contributed by atoms with E-state index in [0.717, 1.165) is 23.7 Å². The molecule has 0 radical (unpaired) electrons. The van der Waals surface area contributed by atoms with Crippen molar-refractivity contribution in [1.29, 1.82) is 0 Å². The van der Waals surface area contributed by atoms with Crippen molar-refractivity contribution in [2.24, 2.45) is 23.7 Å². The summed E-state index contributed by atoms with van der Waals surface area (Å²) in [6, 6.07) is 18.7. The van der Waals surface area contributed by atoms with Crippen molar-refractivity contribution < 1.29 is 0 Å². The fourth-order valence-electron chi connectivity index (χ4n) is 6.95. The summed E-state index contributed by atoms with van der Waals surface area (Å²) in [6.45, 7) is 2.33. The van der Waals surface area contributed by atoms with Gasteiger partial charge < -0.3 is 0 Å². The van der Waals surface area contributed by atoms with E-state index in [2.05, 4.69) is 78.0 Å². The van der Waals surface area contributed by atoms with Gasteiger partial charge in [0.1, 0.15) is 0 Å². The van der Waals surface area contributed by atoms with Gasteiger partial charge in [0, 0.05) is 0 Å². The third kappa shape index (κ3) is 8.61. The van der Waals surface area contributed by atoms with Crippen molar-refractivity contribution in [3.8, 4) is 11.1 Å². The summed E-state index contributed by atoms with van der Waals surface area (Å²) in [5.41, 5.74) is 5.70. The molecule has 0 spiro atoms. The van der Waals surface area contributed by atoms with Gasteiger partial charge in [-0.1, -0.05) is 129 Å². The third-order valence-electron chi connectivity index (χ3n) is 9.35. The van der Waals surface area contributed by atoms with Gasteiger partial charge in [0.25, 0.3) is 0 Å². The molecule has 0 nitrogen and oxygen atoms in total. The van der Waals surface area contributed by atoms with Crippen molar-refractivity contribution in [3.05, 3.63) is 59.7 Å². The fourth-order valence-corrected chi connectivity index (χ4v) is 7.33. The summed E-state index contributed by atoms with van der Waals surface area (Å²) < 4.78 is 1.24. The second-order valence-corrected chi connectivity index (χ2v) is 12.9. The van der Waals surface area contributed by atoms with Gasteiger partial charge in [-0.3, -0.25) is 0 Å². The van der Waals surface area contributed by atoms with E-state index in [1.54, 1.807) is 12.8 Å². The van der Waals surface area contributed by atoms with E-state index in [-0.39, 0.29) is 0 Å². The summed E-state index contributed by atoms with van der Waals surface area (Å²) in [7, 11) is 0. The molecule has 2 fully saturated rings. The van der Waals surface area contributed by atoms with Crippen molar-refractivity contribution in [1.82, 2.24) is 0 Å². The highest BCUT2D eigenvalue weighted by molar-refractivity contribution is 14.1. The molecule has 2 saturated carbocycles. The lowest BCUT2D eigenvalue weighted by molar-refractivity contribution is 0.140. The van der Waals surface area contributed by atoms with E-state index in [4.69, 9.17) is 0 Å². The van der Waals surface area contributed by atoms with Crippen LogP contribution < -0.4 is 0 Å². The molecule has 2 aromatic rings. The molecule has 35 heavy (non-hydrogen) atoms. The zero-order valence-corrected chi connectivity index (χ0v) is 24.5. The van der Waals surface area contributed by atoms with Crippen LogP contribution in [0.2, 0.25) is 0 Å². The van der Waals surface area contributed by atoms with Gasteiger partial charge in [-0.15, -0.1) is 0 Å². The maximum absolute atomic E-state index is 2.47. The lowest BCUT2D eigenvalue weighted by Crippen LogP contribution is -2.26. The smallest absolute Gasteiger partial charge is 0.000156 e. The number of hydrogen-bond acceptors (Lipinski definition) is 0. The number of halogens is 1. The number of unbranched alkanes of at least 4 members (excludes halogenated alkanes) is 2. The molecule has 0 unspecified atom stereocenters. The van der Waals surface area contributed by atoms with Crippen molar-refractivity contribution in [3.63, 3.8) is 0 Å². The van der Waals surface area contributed by atoms with Crippen LogP contribution in [0.3, 0.4) is 0 Å². The minimum absolute atomic E-state index is 0.964. The Morgan fingerprint density at radius 3 is 1.54 bits per heavy atom. The second-order valence-electron chi connectivity index (χ2n) is 11.8. The number of alkyl halides is 1. The predicted molar refractivity (Wildman–Crippen MR) is 162 cm³/mol. The summed E-state index contributed by atoms with van der Waals surface area (Å²) in [6.07, 6.45) is 23.1. The highest BCUT2D eigenvalue weighted by Crippen LogP contribution is 2.43. The Balaban J connectivity index is 1.15. The maximum Gasteiger partial charge on any atom is -0.000156 e. The van der Waals surface area contributed by atoms with Crippen molar-refractivity contribution in [2.75, 3.05) is 4.43 Å². The topological polar surface area (TPSA) is 0 Å². The first-order valence-electron chi connectivity index (χ1n) is 15.0. The zero-order valence-electron chi connectivity index (χ0n) is 22.3. The van der Waals surface area contributed by atoms with Crippen LogP contribution in [0.15, 0.2) is 48.5 Å². The first-order valence-corrected chi connectivity index (χ1v) is 16.5. The van der Waals surface area contributed by atoms with E-state index < -0.39 is 0 Å². The monoisotopic (exact) mass is 584 g/mol. The molecule has 0 aliphatic heterocycles. The van der Waals surface area contributed by atoms with Crippen molar-refractivity contribution >= 4 is 22.6 Å². The van der Waals surface area contributed by atoms with Crippen LogP contribution in [0.5, 0.6) is 0 Å². The Hall–Kier alpha value is -0.830. The zero-order chi connectivity index (χ0) is 24.3. The standard InChI is InChI=1S/C34H49I/c1-2-3-4-6-27-10-18-31(19-11-27)33-22-14-29(15-23-33)8-9-30-16-24-34(25-17-30)32-20-12-28(13-21-32)7-5-26-35/h12-13,16-17,20-21,24-25,27,29,31,33H,2-11,14-15,18-19,22-23,26H2,1H3. The number of benzene rings is 2. The van der Waals surface area contributed by atoms with Crippen LogP contribution in [-0.2, 0) is 12.8 Å². The average Bonchev–Trinajstić information content (AvgIpc) is 2.92. The molecule has 1 heteroatoms. The SMILES string of the molecule is CCCCCC1CCC(C2CCC(CCc3ccc(-c4ccc(CCCI)cc4)cc3)CC2)CC1. The van der Waals surface area contributed by atoms with Crippen molar-refractivity contribution in [2.45, 2.75) is 110 Å². The van der Waals surface area contributed by atoms with Crippen LogP contribution in [0.4, 0.5) is 0 Å². The third-order valence-corrected chi connectivity index (χ3v) is 10.1. The molecular weight excluding hydrogens is 535 g/mol. The van der Waals surface area contributed by atoms with E-state index >= 15 is 0 Å². The van der Waals surface area contributed by atoms with Crippen LogP contribution in [0, 0.1) is 23.7 Å². The van der Waals surface area contributed by atoms with Gasteiger partial charge >= 0.3 is 0 Å². The second kappa shape index (κ2) is 14.8. The molecule has 0 bridgehead atoms. The Kier molecular flexibility index (Phi) is 11.5. The predicted octanol–water partition coefficient (Wildman–Crippen LogP) is 10.8. The summed E-state index contributed by atoms with van der Waals surface area (Å²) in [5, 5.41) is 0. The Labute approximate surface area is 230 Å². The first-order chi connectivity index (χ1) is 17.2. The lowest BCUT2D eigenvalue weighted by Gasteiger charge is -2.38. The number of rotatable bonds is 12. The van der Waals surface area contributed by atoms with Gasteiger partial charge in [-0.05, 0) is 102 Å². The van der Waals surface area contributed by atoms with Crippen LogP contribution in [0.25, 0.3) is 11.1 Å². The van der Waals surface area contributed by atoms with E-state index in [9.17, 15) is 0 Å². The fraction of sp³-hybridized carbons (Fsp3) is 0.647. The molecule has 2 aliphatic rings. The largest absolute Gasteiger partial charge is 0.0864 e. The average molecular weight is 585 g/mol. The minimum Gasteiger partial charge on any atom is -0.0864 e. The molecule has 0 saturated heterocycles. The lowest BCUT2D eigenvalue weighted by atomic mass is 9.68. The van der Waals surface area contributed by atoms with E-state index in [1.807, 2.05) is 0 Å². The van der Waals surface area contributed by atoms with E-state index in [1.165, 1.54) is 117 Å². The Morgan fingerprint density at radius 2 is 1.06 bits per heavy atom. The molecule has 0 heterocycles. The van der Waals surface area contributed by atoms with E-state index in [0.29, 0.717) is 0 Å². The first kappa shape index (κ1) is 27.2. The summed E-state index contributed by atoms with van der Waals surface area (Å²) in [4.78, 5) is 0. The van der Waals surface area contributed by atoms with Gasteiger partial charge in [0.15, 0.2) is 0 Å². The number of aryl methyl sites for hydroxylation is 2. The highest BCUT2D eigenvalue weighted by atomic mass is 127.